The van der Waals surface area contributed by atoms with Crippen LogP contribution in [0.3, 0.4) is 0 Å². The Bertz CT molecular complexity index is 854. The van der Waals surface area contributed by atoms with Crippen molar-refractivity contribution in [2.45, 2.75) is 33.4 Å². The van der Waals surface area contributed by atoms with Gasteiger partial charge < -0.3 is 16.0 Å². The number of nitrogens with zero attached hydrogens (tertiary/aromatic N) is 3. The molecule has 25 heavy (non-hydrogen) atoms. The maximum Gasteiger partial charge on any atom is 0.276 e. The largest absolute Gasteiger partial charge is 0.365 e. The predicted molar refractivity (Wildman–Crippen MR) is 93.5 cm³/mol. The van der Waals surface area contributed by atoms with E-state index in [-0.39, 0.29) is 11.6 Å². The maximum absolute atomic E-state index is 12.4. The van der Waals surface area contributed by atoms with Gasteiger partial charge in [0.2, 0.25) is 5.91 Å². The van der Waals surface area contributed by atoms with Crippen LogP contribution in [0.1, 0.15) is 45.1 Å². The van der Waals surface area contributed by atoms with E-state index in [2.05, 4.69) is 10.4 Å². The van der Waals surface area contributed by atoms with E-state index in [9.17, 15) is 14.4 Å². The molecule has 9 heteroatoms. The molecule has 2 aromatic rings. The van der Waals surface area contributed by atoms with Gasteiger partial charge in [0.25, 0.3) is 11.8 Å². The molecule has 3 N–H and O–H groups in total. The van der Waals surface area contributed by atoms with Gasteiger partial charge in [0.15, 0.2) is 5.69 Å². The first-order valence-corrected chi connectivity index (χ1v) is 8.77. The van der Waals surface area contributed by atoms with Crippen molar-refractivity contribution in [2.24, 2.45) is 5.73 Å². The van der Waals surface area contributed by atoms with E-state index in [0.29, 0.717) is 36.6 Å². The Balaban J connectivity index is 1.90. The first-order valence-electron chi connectivity index (χ1n) is 7.95. The standard InChI is InChI=1S/C16H19N5O3S/c1-3-21-7-5-11(19-21)15(24)18-16-13(14(17)23)10-4-6-20(9(2)22)8-12(10)25-16/h5,7H,3-4,6,8H2,1-2H3,(H2,17,23)(H,18,24). The number of carbonyl (C=O) groups excluding carboxylic acids is 3. The second-order valence-electron chi connectivity index (χ2n) is 5.77. The first kappa shape index (κ1) is 17.2. The van der Waals surface area contributed by atoms with Gasteiger partial charge in [0, 0.05) is 31.1 Å². The molecule has 0 unspecified atom stereocenters. The lowest BCUT2D eigenvalue weighted by Crippen LogP contribution is -2.34. The zero-order valence-electron chi connectivity index (χ0n) is 14.0. The zero-order valence-corrected chi connectivity index (χ0v) is 14.9. The van der Waals surface area contributed by atoms with E-state index in [0.717, 1.165) is 10.4 Å². The molecule has 0 fully saturated rings. The van der Waals surface area contributed by atoms with Crippen molar-refractivity contribution in [3.05, 3.63) is 34.0 Å². The molecule has 3 heterocycles. The highest BCUT2D eigenvalue weighted by Gasteiger charge is 2.28. The fourth-order valence-electron chi connectivity index (χ4n) is 2.85. The van der Waals surface area contributed by atoms with Crippen molar-refractivity contribution in [2.75, 3.05) is 11.9 Å². The number of carbonyl (C=O) groups is 3. The summed E-state index contributed by atoms with van der Waals surface area (Å²) in [7, 11) is 0. The van der Waals surface area contributed by atoms with Crippen LogP contribution in [0.15, 0.2) is 12.3 Å². The van der Waals surface area contributed by atoms with E-state index in [4.69, 9.17) is 5.73 Å². The lowest BCUT2D eigenvalue weighted by Gasteiger charge is -2.25. The van der Waals surface area contributed by atoms with Crippen LogP contribution in [0.4, 0.5) is 5.00 Å². The number of aromatic nitrogens is 2. The zero-order chi connectivity index (χ0) is 18.1. The summed E-state index contributed by atoms with van der Waals surface area (Å²) in [5.41, 5.74) is 6.97. The van der Waals surface area contributed by atoms with Crippen molar-refractivity contribution < 1.29 is 14.4 Å². The van der Waals surface area contributed by atoms with Gasteiger partial charge in [-0.05, 0) is 25.0 Å². The second kappa shape index (κ2) is 6.67. The third-order valence-electron chi connectivity index (χ3n) is 4.17. The van der Waals surface area contributed by atoms with E-state index in [1.165, 1.54) is 18.3 Å². The number of primary amides is 1. The minimum atomic E-state index is -0.580. The van der Waals surface area contributed by atoms with Crippen molar-refractivity contribution in [3.63, 3.8) is 0 Å². The van der Waals surface area contributed by atoms with Crippen LogP contribution in [0, 0.1) is 0 Å². The molecule has 2 aromatic heterocycles. The highest BCUT2D eigenvalue weighted by Crippen LogP contribution is 2.37. The number of aryl methyl sites for hydroxylation is 1. The Labute approximate surface area is 148 Å². The van der Waals surface area contributed by atoms with Gasteiger partial charge in [-0.1, -0.05) is 0 Å². The Morgan fingerprint density at radius 1 is 1.40 bits per heavy atom. The summed E-state index contributed by atoms with van der Waals surface area (Å²) in [6.07, 6.45) is 2.26. The SMILES string of the molecule is CCn1ccc(C(=O)Nc2sc3c(c2C(N)=O)CCN(C(C)=O)C3)n1. The highest BCUT2D eigenvalue weighted by molar-refractivity contribution is 7.17. The van der Waals surface area contributed by atoms with Gasteiger partial charge >= 0.3 is 0 Å². The number of rotatable bonds is 4. The molecule has 0 radical (unpaired) electrons. The quantitative estimate of drug-likeness (QED) is 0.853. The number of fused-ring (bicyclic) bond motifs is 1. The molecule has 3 rings (SSSR count). The topological polar surface area (TPSA) is 110 Å². The van der Waals surface area contributed by atoms with Gasteiger partial charge in [-0.15, -0.1) is 11.3 Å². The molecular weight excluding hydrogens is 342 g/mol. The Morgan fingerprint density at radius 3 is 2.76 bits per heavy atom. The van der Waals surface area contributed by atoms with E-state index >= 15 is 0 Å². The lowest BCUT2D eigenvalue weighted by atomic mass is 10.0. The van der Waals surface area contributed by atoms with Crippen LogP contribution >= 0.6 is 11.3 Å². The normalized spacial score (nSPS) is 13.4. The van der Waals surface area contributed by atoms with Gasteiger partial charge in [-0.3, -0.25) is 19.1 Å². The third kappa shape index (κ3) is 3.27. The molecule has 0 aliphatic carbocycles. The summed E-state index contributed by atoms with van der Waals surface area (Å²) >= 11 is 1.29. The highest BCUT2D eigenvalue weighted by atomic mass is 32.1. The summed E-state index contributed by atoms with van der Waals surface area (Å²) in [6, 6.07) is 1.62. The van der Waals surface area contributed by atoms with Crippen LogP contribution < -0.4 is 11.1 Å². The van der Waals surface area contributed by atoms with E-state index in [1.54, 1.807) is 21.8 Å². The monoisotopic (exact) mass is 361 g/mol. The third-order valence-corrected chi connectivity index (χ3v) is 5.31. The van der Waals surface area contributed by atoms with Crippen molar-refractivity contribution in [1.82, 2.24) is 14.7 Å². The maximum atomic E-state index is 12.4. The van der Waals surface area contributed by atoms with Crippen LogP contribution in [-0.2, 0) is 24.3 Å². The Kier molecular flexibility index (Phi) is 4.58. The Morgan fingerprint density at radius 2 is 2.16 bits per heavy atom. The van der Waals surface area contributed by atoms with Crippen molar-refractivity contribution in [3.8, 4) is 0 Å². The molecule has 0 atom stereocenters. The minimum absolute atomic E-state index is 0.0182. The molecule has 132 valence electrons. The summed E-state index contributed by atoms with van der Waals surface area (Å²) in [5, 5.41) is 7.32. The van der Waals surface area contributed by atoms with Gasteiger partial charge in [-0.25, -0.2) is 0 Å². The number of thiophene rings is 1. The number of anilines is 1. The lowest BCUT2D eigenvalue weighted by molar-refractivity contribution is -0.129. The van der Waals surface area contributed by atoms with E-state index in [1.807, 2.05) is 6.92 Å². The van der Waals surface area contributed by atoms with Crippen LogP contribution in [0.2, 0.25) is 0 Å². The molecule has 1 aliphatic rings. The van der Waals surface area contributed by atoms with Gasteiger partial charge in [0.1, 0.15) is 5.00 Å². The summed E-state index contributed by atoms with van der Waals surface area (Å²) in [4.78, 5) is 38.5. The van der Waals surface area contributed by atoms with Crippen LogP contribution in [0.5, 0.6) is 0 Å². The number of hydrogen-bond donors (Lipinski definition) is 2. The number of nitrogens with one attached hydrogen (secondary N) is 1. The minimum Gasteiger partial charge on any atom is -0.365 e. The number of hydrogen-bond acceptors (Lipinski definition) is 5. The molecule has 0 bridgehead atoms. The van der Waals surface area contributed by atoms with Crippen molar-refractivity contribution in [1.29, 1.82) is 0 Å². The molecule has 0 saturated heterocycles. The molecular formula is C16H19N5O3S. The van der Waals surface area contributed by atoms with E-state index < -0.39 is 11.8 Å². The fraction of sp³-hybridized carbons (Fsp3) is 0.375. The summed E-state index contributed by atoms with van der Waals surface area (Å²) < 4.78 is 1.65. The average molecular weight is 361 g/mol. The summed E-state index contributed by atoms with van der Waals surface area (Å²) in [6.45, 7) is 5.06. The van der Waals surface area contributed by atoms with Gasteiger partial charge in [-0.2, -0.15) is 5.10 Å². The second-order valence-corrected chi connectivity index (χ2v) is 6.88. The number of amides is 3. The molecule has 0 saturated carbocycles. The molecule has 8 nitrogen and oxygen atoms in total. The smallest absolute Gasteiger partial charge is 0.276 e. The predicted octanol–water partition coefficient (Wildman–Crippen LogP) is 1.22. The summed E-state index contributed by atoms with van der Waals surface area (Å²) in [5.74, 6) is -0.991. The molecule has 1 aliphatic heterocycles. The fourth-order valence-corrected chi connectivity index (χ4v) is 4.11. The molecule has 3 amide bonds. The van der Waals surface area contributed by atoms with Gasteiger partial charge in [0.05, 0.1) is 12.1 Å². The molecule has 0 aromatic carbocycles. The number of nitrogens with two attached hydrogens (primary N) is 1. The Hall–Kier alpha value is -2.68. The van der Waals surface area contributed by atoms with Crippen LogP contribution in [0.25, 0.3) is 0 Å². The van der Waals surface area contributed by atoms with Crippen molar-refractivity contribution >= 4 is 34.1 Å². The first-order chi connectivity index (χ1) is 11.9. The molecule has 0 spiro atoms. The van der Waals surface area contributed by atoms with Crippen LogP contribution in [-0.4, -0.2) is 38.9 Å². The average Bonchev–Trinajstić information content (AvgIpc) is 3.17.